The molecule has 5 nitrogen and oxygen atoms in total. The number of nitrogens with zero attached hydrogens (tertiary/aromatic N) is 4. The minimum Gasteiger partial charge on any atom is -0.387 e. The standard InChI is InChI=1S/C16H21FN4O/c17-14-6-4-13(5-7-14)16(22)10-20-8-2-1-3-15(20)9-21-12-18-11-19-21/h4-7,11-12,15-16,22H,1-3,8-10H2/t15-,16+/m0/s1. The van der Waals surface area contributed by atoms with Crippen LogP contribution in [0.2, 0.25) is 0 Å². The molecule has 1 aromatic heterocycles. The zero-order valence-corrected chi connectivity index (χ0v) is 12.5. The number of aliphatic hydroxyl groups is 1. The van der Waals surface area contributed by atoms with Crippen LogP contribution in [-0.4, -0.2) is 43.9 Å². The second-order valence-electron chi connectivity index (χ2n) is 5.83. The van der Waals surface area contributed by atoms with Gasteiger partial charge in [-0.15, -0.1) is 0 Å². The Morgan fingerprint density at radius 2 is 2.09 bits per heavy atom. The highest BCUT2D eigenvalue weighted by Crippen LogP contribution is 2.22. The number of likely N-dealkylation sites (tertiary alicyclic amines) is 1. The van der Waals surface area contributed by atoms with Crippen LogP contribution in [0.3, 0.4) is 0 Å². The van der Waals surface area contributed by atoms with E-state index >= 15 is 0 Å². The van der Waals surface area contributed by atoms with Crippen molar-refractivity contribution in [1.29, 1.82) is 0 Å². The van der Waals surface area contributed by atoms with Crippen molar-refractivity contribution in [2.75, 3.05) is 13.1 Å². The third kappa shape index (κ3) is 3.69. The summed E-state index contributed by atoms with van der Waals surface area (Å²) in [5, 5.41) is 14.6. The molecule has 0 radical (unpaired) electrons. The average molecular weight is 304 g/mol. The van der Waals surface area contributed by atoms with Gasteiger partial charge in [0.05, 0.1) is 12.6 Å². The third-order valence-electron chi connectivity index (χ3n) is 4.28. The molecule has 0 unspecified atom stereocenters. The molecular weight excluding hydrogens is 283 g/mol. The van der Waals surface area contributed by atoms with Crippen LogP contribution < -0.4 is 0 Å². The first kappa shape index (κ1) is 15.1. The van der Waals surface area contributed by atoms with Gasteiger partial charge < -0.3 is 5.11 Å². The zero-order chi connectivity index (χ0) is 15.4. The van der Waals surface area contributed by atoms with Crippen LogP contribution in [-0.2, 0) is 6.54 Å². The molecular formula is C16H21FN4O. The third-order valence-corrected chi connectivity index (χ3v) is 4.28. The first-order valence-corrected chi connectivity index (χ1v) is 7.72. The van der Waals surface area contributed by atoms with E-state index in [9.17, 15) is 9.50 Å². The van der Waals surface area contributed by atoms with Gasteiger partial charge in [0.1, 0.15) is 18.5 Å². The monoisotopic (exact) mass is 304 g/mol. The highest BCUT2D eigenvalue weighted by Gasteiger charge is 2.25. The van der Waals surface area contributed by atoms with Crippen molar-refractivity contribution in [3.05, 3.63) is 48.3 Å². The van der Waals surface area contributed by atoms with Crippen molar-refractivity contribution >= 4 is 0 Å². The summed E-state index contributed by atoms with van der Waals surface area (Å²) in [6, 6.07) is 6.43. The van der Waals surface area contributed by atoms with Crippen LogP contribution in [0.25, 0.3) is 0 Å². The van der Waals surface area contributed by atoms with Crippen LogP contribution >= 0.6 is 0 Å². The van der Waals surface area contributed by atoms with E-state index < -0.39 is 6.10 Å². The summed E-state index contributed by atoms with van der Waals surface area (Å²) < 4.78 is 14.8. The molecule has 0 amide bonds. The Morgan fingerprint density at radius 1 is 1.27 bits per heavy atom. The lowest BCUT2D eigenvalue weighted by Crippen LogP contribution is -2.44. The molecule has 0 aliphatic carbocycles. The van der Waals surface area contributed by atoms with Crippen molar-refractivity contribution in [2.45, 2.75) is 38.0 Å². The van der Waals surface area contributed by atoms with Gasteiger partial charge in [-0.3, -0.25) is 9.58 Å². The molecule has 0 bridgehead atoms. The molecule has 2 heterocycles. The van der Waals surface area contributed by atoms with Crippen molar-refractivity contribution < 1.29 is 9.50 Å². The molecule has 1 aliphatic heterocycles. The van der Waals surface area contributed by atoms with Crippen molar-refractivity contribution in [2.24, 2.45) is 0 Å². The molecule has 1 saturated heterocycles. The molecule has 3 rings (SSSR count). The van der Waals surface area contributed by atoms with Gasteiger partial charge in [0.15, 0.2) is 0 Å². The smallest absolute Gasteiger partial charge is 0.137 e. The minimum absolute atomic E-state index is 0.280. The molecule has 6 heteroatoms. The van der Waals surface area contributed by atoms with Gasteiger partial charge in [0.2, 0.25) is 0 Å². The van der Waals surface area contributed by atoms with Crippen LogP contribution in [0.1, 0.15) is 30.9 Å². The Morgan fingerprint density at radius 3 is 2.82 bits per heavy atom. The SMILES string of the molecule is O[C@H](CN1CCCC[C@H]1Cn1cncn1)c1ccc(F)cc1. The summed E-state index contributed by atoms with van der Waals surface area (Å²) in [4.78, 5) is 6.28. The first-order chi connectivity index (χ1) is 10.7. The highest BCUT2D eigenvalue weighted by molar-refractivity contribution is 5.18. The fraction of sp³-hybridized carbons (Fsp3) is 0.500. The molecule has 1 N–H and O–H groups in total. The predicted molar refractivity (Wildman–Crippen MR) is 80.6 cm³/mol. The van der Waals surface area contributed by atoms with Crippen molar-refractivity contribution in [3.8, 4) is 0 Å². The second kappa shape index (κ2) is 6.98. The Kier molecular flexibility index (Phi) is 4.80. The number of hydrogen-bond acceptors (Lipinski definition) is 4. The number of aromatic nitrogens is 3. The van der Waals surface area contributed by atoms with Gasteiger partial charge >= 0.3 is 0 Å². The van der Waals surface area contributed by atoms with Gasteiger partial charge in [-0.2, -0.15) is 5.10 Å². The van der Waals surface area contributed by atoms with Gasteiger partial charge in [-0.05, 0) is 37.1 Å². The van der Waals surface area contributed by atoms with E-state index in [-0.39, 0.29) is 5.82 Å². The van der Waals surface area contributed by atoms with Gasteiger partial charge in [0.25, 0.3) is 0 Å². The van der Waals surface area contributed by atoms with Crippen LogP contribution in [0, 0.1) is 5.82 Å². The normalized spacial score (nSPS) is 20.9. The largest absolute Gasteiger partial charge is 0.387 e. The predicted octanol–water partition coefficient (Wildman–Crippen LogP) is 2.01. The number of β-amino-alcohol motifs (C(OH)–C–C–N with tert-alkyl or cyclic N) is 1. The first-order valence-electron chi connectivity index (χ1n) is 7.72. The fourth-order valence-electron chi connectivity index (χ4n) is 3.06. The van der Waals surface area contributed by atoms with Crippen LogP contribution in [0.15, 0.2) is 36.9 Å². The van der Waals surface area contributed by atoms with Gasteiger partial charge in [-0.25, -0.2) is 9.37 Å². The molecule has 2 aromatic rings. The molecule has 1 aliphatic rings. The average Bonchev–Trinajstić information content (AvgIpc) is 3.03. The van der Waals surface area contributed by atoms with Crippen LogP contribution in [0.4, 0.5) is 4.39 Å². The van der Waals surface area contributed by atoms with Gasteiger partial charge in [0, 0.05) is 12.6 Å². The van der Waals surface area contributed by atoms with Crippen molar-refractivity contribution in [1.82, 2.24) is 19.7 Å². The summed E-state index contributed by atoms with van der Waals surface area (Å²) >= 11 is 0. The molecule has 22 heavy (non-hydrogen) atoms. The van der Waals surface area contributed by atoms with Crippen molar-refractivity contribution in [3.63, 3.8) is 0 Å². The number of piperidine rings is 1. The lowest BCUT2D eigenvalue weighted by molar-refractivity contribution is 0.0590. The summed E-state index contributed by atoms with van der Waals surface area (Å²) in [5.41, 5.74) is 0.756. The number of rotatable bonds is 5. The second-order valence-corrected chi connectivity index (χ2v) is 5.83. The van der Waals surface area contributed by atoms with E-state index in [0.717, 1.165) is 31.5 Å². The van der Waals surface area contributed by atoms with E-state index in [1.54, 1.807) is 24.8 Å². The Bertz CT molecular complexity index is 572. The maximum Gasteiger partial charge on any atom is 0.137 e. The molecule has 1 fully saturated rings. The summed E-state index contributed by atoms with van der Waals surface area (Å²) in [6.45, 7) is 2.32. The summed E-state index contributed by atoms with van der Waals surface area (Å²) in [6.07, 6.45) is 6.10. The van der Waals surface area contributed by atoms with Crippen LogP contribution in [0.5, 0.6) is 0 Å². The minimum atomic E-state index is -0.600. The fourth-order valence-corrected chi connectivity index (χ4v) is 3.06. The lowest BCUT2D eigenvalue weighted by atomic mass is 10.00. The van der Waals surface area contributed by atoms with Gasteiger partial charge in [-0.1, -0.05) is 18.6 Å². The Labute approximate surface area is 129 Å². The number of aliphatic hydroxyl groups excluding tert-OH is 1. The molecule has 0 saturated carbocycles. The summed E-state index contributed by atoms with van der Waals surface area (Å²) in [7, 11) is 0. The molecule has 1 aromatic carbocycles. The number of hydrogen-bond donors (Lipinski definition) is 1. The maximum absolute atomic E-state index is 13.0. The lowest BCUT2D eigenvalue weighted by Gasteiger charge is -2.36. The highest BCUT2D eigenvalue weighted by atomic mass is 19.1. The van der Waals surface area contributed by atoms with E-state index in [1.807, 2.05) is 4.68 Å². The topological polar surface area (TPSA) is 54.2 Å². The number of benzene rings is 1. The Balaban J connectivity index is 1.64. The van der Waals surface area contributed by atoms with E-state index in [4.69, 9.17) is 0 Å². The number of halogens is 1. The summed E-state index contributed by atoms with van der Waals surface area (Å²) in [5.74, 6) is -0.280. The van der Waals surface area contributed by atoms with E-state index in [2.05, 4.69) is 15.0 Å². The molecule has 2 atom stereocenters. The van der Waals surface area contributed by atoms with E-state index in [0.29, 0.717) is 12.6 Å². The quantitative estimate of drug-likeness (QED) is 0.918. The maximum atomic E-state index is 13.0. The molecule has 0 spiro atoms. The van der Waals surface area contributed by atoms with E-state index in [1.165, 1.54) is 18.6 Å². The Hall–Kier alpha value is -1.79. The molecule has 118 valence electrons. The zero-order valence-electron chi connectivity index (χ0n) is 12.5.